The Bertz CT molecular complexity index is 616. The summed E-state index contributed by atoms with van der Waals surface area (Å²) in [6, 6.07) is 11.5. The van der Waals surface area contributed by atoms with E-state index in [-0.39, 0.29) is 5.91 Å². The van der Waals surface area contributed by atoms with E-state index < -0.39 is 6.23 Å². The van der Waals surface area contributed by atoms with Crippen molar-refractivity contribution in [1.29, 1.82) is 0 Å². The molecule has 1 aliphatic heterocycles. The van der Waals surface area contributed by atoms with Crippen molar-refractivity contribution in [3.05, 3.63) is 47.5 Å². The van der Waals surface area contributed by atoms with Crippen LogP contribution in [0.1, 0.15) is 35.5 Å². The van der Waals surface area contributed by atoms with Crippen molar-refractivity contribution >= 4 is 16.7 Å². The minimum absolute atomic E-state index is 0.0753. The summed E-state index contributed by atoms with van der Waals surface area (Å²) in [5, 5.41) is 12.2. The third-order valence-electron chi connectivity index (χ3n) is 3.47. The van der Waals surface area contributed by atoms with Crippen molar-refractivity contribution < 1.29 is 9.90 Å². The van der Waals surface area contributed by atoms with E-state index >= 15 is 0 Å². The van der Waals surface area contributed by atoms with E-state index in [1.165, 1.54) is 4.90 Å². The third-order valence-corrected chi connectivity index (χ3v) is 3.47. The average molecular weight is 241 g/mol. The van der Waals surface area contributed by atoms with Gasteiger partial charge in [-0.25, -0.2) is 0 Å². The van der Waals surface area contributed by atoms with Crippen molar-refractivity contribution in [1.82, 2.24) is 4.90 Å². The van der Waals surface area contributed by atoms with Crippen LogP contribution in [0, 0.1) is 0 Å². The number of aliphatic hydroxyl groups is 1. The molecule has 0 bridgehead atoms. The van der Waals surface area contributed by atoms with Gasteiger partial charge in [-0.05, 0) is 17.9 Å². The van der Waals surface area contributed by atoms with Crippen LogP contribution in [0.4, 0.5) is 0 Å². The molecule has 0 spiro atoms. The van der Waals surface area contributed by atoms with Gasteiger partial charge >= 0.3 is 0 Å². The van der Waals surface area contributed by atoms with Gasteiger partial charge in [0.05, 0.1) is 0 Å². The molecule has 2 aromatic carbocycles. The quantitative estimate of drug-likeness (QED) is 0.878. The number of hydrogen-bond acceptors (Lipinski definition) is 2. The predicted octanol–water partition coefficient (Wildman–Crippen LogP) is 2.70. The standard InChI is InChI=1S/C15H15NO2/c1-2-9-16-14(17)11-7-3-5-10-6-4-8-12(13(10)11)15(16)18/h3-8,14,17H,2,9H2,1H3. The van der Waals surface area contributed by atoms with Crippen LogP contribution in [0.15, 0.2) is 36.4 Å². The van der Waals surface area contributed by atoms with E-state index in [1.807, 2.05) is 43.3 Å². The second-order valence-corrected chi connectivity index (χ2v) is 4.62. The molecule has 18 heavy (non-hydrogen) atoms. The fourth-order valence-corrected chi connectivity index (χ4v) is 2.66. The molecule has 1 heterocycles. The lowest BCUT2D eigenvalue weighted by atomic mass is 9.93. The molecular weight excluding hydrogens is 226 g/mol. The molecular formula is C15H15NO2. The van der Waals surface area contributed by atoms with Gasteiger partial charge < -0.3 is 10.0 Å². The van der Waals surface area contributed by atoms with Gasteiger partial charge in [-0.15, -0.1) is 0 Å². The molecule has 0 aromatic heterocycles. The fourth-order valence-electron chi connectivity index (χ4n) is 2.66. The smallest absolute Gasteiger partial charge is 0.256 e. The Morgan fingerprint density at radius 3 is 2.67 bits per heavy atom. The first-order chi connectivity index (χ1) is 8.74. The van der Waals surface area contributed by atoms with Crippen LogP contribution in [0.3, 0.4) is 0 Å². The Hall–Kier alpha value is -1.87. The lowest BCUT2D eigenvalue weighted by Gasteiger charge is -2.33. The third kappa shape index (κ3) is 1.44. The van der Waals surface area contributed by atoms with Crippen molar-refractivity contribution in [2.75, 3.05) is 6.54 Å². The van der Waals surface area contributed by atoms with Crippen LogP contribution in [0.5, 0.6) is 0 Å². The average Bonchev–Trinajstić information content (AvgIpc) is 2.40. The molecule has 3 nitrogen and oxygen atoms in total. The van der Waals surface area contributed by atoms with Gasteiger partial charge in [0.15, 0.2) is 6.23 Å². The van der Waals surface area contributed by atoms with Gasteiger partial charge in [-0.2, -0.15) is 0 Å². The first kappa shape index (κ1) is 11.2. The van der Waals surface area contributed by atoms with Crippen molar-refractivity contribution in [2.45, 2.75) is 19.6 Å². The maximum atomic E-state index is 12.4. The highest BCUT2D eigenvalue weighted by Crippen LogP contribution is 2.35. The molecule has 0 radical (unpaired) electrons. The second kappa shape index (κ2) is 4.10. The van der Waals surface area contributed by atoms with Crippen LogP contribution in [-0.4, -0.2) is 22.5 Å². The Morgan fingerprint density at radius 1 is 1.22 bits per heavy atom. The highest BCUT2D eigenvalue weighted by Gasteiger charge is 2.31. The largest absolute Gasteiger partial charge is 0.369 e. The first-order valence-electron chi connectivity index (χ1n) is 6.24. The molecule has 1 N–H and O–H groups in total. The monoisotopic (exact) mass is 241 g/mol. The van der Waals surface area contributed by atoms with Crippen molar-refractivity contribution in [3.63, 3.8) is 0 Å². The molecule has 1 aliphatic rings. The Balaban J connectivity index is 2.28. The summed E-state index contributed by atoms with van der Waals surface area (Å²) in [5.41, 5.74) is 1.53. The molecule has 3 heteroatoms. The van der Waals surface area contributed by atoms with Gasteiger partial charge in [0.25, 0.3) is 5.91 Å². The molecule has 1 amide bonds. The molecule has 0 saturated heterocycles. The van der Waals surface area contributed by atoms with Crippen LogP contribution in [0.2, 0.25) is 0 Å². The maximum absolute atomic E-state index is 12.4. The van der Waals surface area contributed by atoms with Crippen LogP contribution in [0.25, 0.3) is 10.8 Å². The summed E-state index contributed by atoms with van der Waals surface area (Å²) in [6.45, 7) is 2.58. The zero-order chi connectivity index (χ0) is 12.7. The summed E-state index contributed by atoms with van der Waals surface area (Å²) in [4.78, 5) is 13.9. The zero-order valence-corrected chi connectivity index (χ0v) is 10.3. The van der Waals surface area contributed by atoms with Crippen LogP contribution in [-0.2, 0) is 0 Å². The second-order valence-electron chi connectivity index (χ2n) is 4.62. The van der Waals surface area contributed by atoms with E-state index in [2.05, 4.69) is 0 Å². The summed E-state index contributed by atoms with van der Waals surface area (Å²) in [5.74, 6) is -0.0753. The summed E-state index contributed by atoms with van der Waals surface area (Å²) >= 11 is 0. The first-order valence-corrected chi connectivity index (χ1v) is 6.24. The highest BCUT2D eigenvalue weighted by molar-refractivity contribution is 6.10. The highest BCUT2D eigenvalue weighted by atomic mass is 16.3. The number of aliphatic hydroxyl groups excluding tert-OH is 1. The topological polar surface area (TPSA) is 40.5 Å². The molecule has 1 unspecified atom stereocenters. The number of carbonyl (C=O) groups excluding carboxylic acids is 1. The van der Waals surface area contributed by atoms with Gasteiger partial charge in [0.2, 0.25) is 0 Å². The fraction of sp³-hybridized carbons (Fsp3) is 0.267. The Labute approximate surface area is 106 Å². The van der Waals surface area contributed by atoms with Crippen LogP contribution < -0.4 is 0 Å². The van der Waals surface area contributed by atoms with Gasteiger partial charge in [-0.1, -0.05) is 37.3 Å². The normalized spacial score (nSPS) is 18.4. The summed E-state index contributed by atoms with van der Waals surface area (Å²) < 4.78 is 0. The van der Waals surface area contributed by atoms with Gasteiger partial charge in [-0.3, -0.25) is 4.79 Å². The summed E-state index contributed by atoms with van der Waals surface area (Å²) in [6.07, 6.45) is 0.0112. The van der Waals surface area contributed by atoms with Crippen molar-refractivity contribution in [2.24, 2.45) is 0 Å². The van der Waals surface area contributed by atoms with E-state index in [0.29, 0.717) is 12.1 Å². The lowest BCUT2D eigenvalue weighted by molar-refractivity contribution is 0.00498. The van der Waals surface area contributed by atoms with E-state index in [9.17, 15) is 9.90 Å². The maximum Gasteiger partial charge on any atom is 0.256 e. The minimum Gasteiger partial charge on any atom is -0.369 e. The van der Waals surface area contributed by atoms with E-state index in [4.69, 9.17) is 0 Å². The lowest BCUT2D eigenvalue weighted by Crippen LogP contribution is -2.38. The molecule has 1 atom stereocenters. The van der Waals surface area contributed by atoms with E-state index in [1.54, 1.807) is 0 Å². The molecule has 3 rings (SSSR count). The molecule has 0 aliphatic carbocycles. The molecule has 0 saturated carbocycles. The molecule has 0 fully saturated rings. The minimum atomic E-state index is -0.823. The predicted molar refractivity (Wildman–Crippen MR) is 70.2 cm³/mol. The van der Waals surface area contributed by atoms with Crippen LogP contribution >= 0.6 is 0 Å². The van der Waals surface area contributed by atoms with E-state index in [0.717, 1.165) is 22.8 Å². The molecule has 2 aromatic rings. The number of hydrogen-bond donors (Lipinski definition) is 1. The zero-order valence-electron chi connectivity index (χ0n) is 10.3. The number of amides is 1. The number of rotatable bonds is 2. The Morgan fingerprint density at radius 2 is 1.94 bits per heavy atom. The number of nitrogens with zero attached hydrogens (tertiary/aromatic N) is 1. The summed E-state index contributed by atoms with van der Waals surface area (Å²) in [7, 11) is 0. The van der Waals surface area contributed by atoms with Crippen molar-refractivity contribution in [3.8, 4) is 0 Å². The van der Waals surface area contributed by atoms with Gasteiger partial charge in [0.1, 0.15) is 0 Å². The van der Waals surface area contributed by atoms with Gasteiger partial charge in [0, 0.05) is 23.1 Å². The SMILES string of the molecule is CCCN1C(=O)c2cccc3cccc(c23)C1O. The molecule has 92 valence electrons. The Kier molecular flexibility index (Phi) is 2.56. The number of carbonyl (C=O) groups is 1. The number of benzene rings is 2.